The Hall–Kier alpha value is -0.350. The lowest BCUT2D eigenvalue weighted by Gasteiger charge is -2.24. The third kappa shape index (κ3) is 1.97. The molecule has 0 bridgehead atoms. The van der Waals surface area contributed by atoms with Gasteiger partial charge in [0.05, 0.1) is 16.4 Å². The number of hydrogen-bond donors (Lipinski definition) is 1. The number of hydrogen-bond acceptors (Lipinski definition) is 2. The summed E-state index contributed by atoms with van der Waals surface area (Å²) < 4.78 is 2.88. The van der Waals surface area contributed by atoms with E-state index in [0.29, 0.717) is 0 Å². The summed E-state index contributed by atoms with van der Waals surface area (Å²) in [5.41, 5.74) is 0.326. The van der Waals surface area contributed by atoms with Gasteiger partial charge >= 0.3 is 0 Å². The first-order valence-electron chi connectivity index (χ1n) is 5.61. The number of aromatic nitrogens is 2. The summed E-state index contributed by atoms with van der Waals surface area (Å²) >= 11 is 3.49. The van der Waals surface area contributed by atoms with E-state index in [2.05, 4.69) is 28.0 Å². The summed E-state index contributed by atoms with van der Waals surface area (Å²) in [4.78, 5) is 0. The smallest absolute Gasteiger partial charge is 0.107 e. The van der Waals surface area contributed by atoms with Gasteiger partial charge in [0, 0.05) is 6.54 Å². The summed E-state index contributed by atoms with van der Waals surface area (Å²) in [7, 11) is 0. The highest BCUT2D eigenvalue weighted by molar-refractivity contribution is 9.10. The highest BCUT2D eigenvalue weighted by Crippen LogP contribution is 2.41. The standard InChI is InChI=1S/C11H17BrN2O/c1-2-7-14-10(9(12)8-13-14)11(15)5-3-4-6-11/h8,15H,2-7H2,1H3. The molecule has 1 aliphatic carbocycles. The van der Waals surface area contributed by atoms with Crippen molar-refractivity contribution >= 4 is 15.9 Å². The lowest BCUT2D eigenvalue weighted by molar-refractivity contribution is 0.0341. The quantitative estimate of drug-likeness (QED) is 0.919. The molecule has 0 unspecified atom stereocenters. The lowest BCUT2D eigenvalue weighted by Crippen LogP contribution is -2.26. The van der Waals surface area contributed by atoms with Crippen molar-refractivity contribution in [2.75, 3.05) is 0 Å². The summed E-state index contributed by atoms with van der Waals surface area (Å²) in [6, 6.07) is 0. The first-order valence-corrected chi connectivity index (χ1v) is 6.41. The van der Waals surface area contributed by atoms with Gasteiger partial charge in [-0.05, 0) is 35.2 Å². The van der Waals surface area contributed by atoms with Gasteiger partial charge in [0.2, 0.25) is 0 Å². The molecule has 1 aromatic heterocycles. The Bertz CT molecular complexity index is 342. The Labute approximate surface area is 98.6 Å². The predicted molar refractivity (Wildman–Crippen MR) is 62.6 cm³/mol. The van der Waals surface area contributed by atoms with Gasteiger partial charge in [-0.25, -0.2) is 0 Å². The molecule has 0 aromatic carbocycles. The van der Waals surface area contributed by atoms with Gasteiger partial charge in [-0.2, -0.15) is 5.10 Å². The molecule has 0 aliphatic heterocycles. The second-order valence-corrected chi connectivity index (χ2v) is 5.16. The van der Waals surface area contributed by atoms with E-state index < -0.39 is 5.60 Å². The summed E-state index contributed by atoms with van der Waals surface area (Å²) in [6.45, 7) is 3.00. The second-order valence-electron chi connectivity index (χ2n) is 4.30. The van der Waals surface area contributed by atoms with Gasteiger partial charge in [-0.15, -0.1) is 0 Å². The van der Waals surface area contributed by atoms with Gasteiger partial charge in [-0.1, -0.05) is 19.8 Å². The first kappa shape index (κ1) is 11.1. The number of aryl methyl sites for hydroxylation is 1. The number of rotatable bonds is 3. The maximum Gasteiger partial charge on any atom is 0.107 e. The number of halogens is 1. The van der Waals surface area contributed by atoms with Gasteiger partial charge in [-0.3, -0.25) is 4.68 Å². The van der Waals surface area contributed by atoms with Gasteiger partial charge in [0.25, 0.3) is 0 Å². The largest absolute Gasteiger partial charge is 0.384 e. The SMILES string of the molecule is CCCn1ncc(Br)c1C1(O)CCCC1. The van der Waals surface area contributed by atoms with Gasteiger partial charge in [0.15, 0.2) is 0 Å². The fraction of sp³-hybridized carbons (Fsp3) is 0.727. The lowest BCUT2D eigenvalue weighted by atomic mass is 9.98. The van der Waals surface area contributed by atoms with E-state index in [0.717, 1.165) is 48.8 Å². The van der Waals surface area contributed by atoms with Crippen molar-refractivity contribution in [1.82, 2.24) is 9.78 Å². The molecular weight excluding hydrogens is 256 g/mol. The normalized spacial score (nSPS) is 19.7. The highest BCUT2D eigenvalue weighted by atomic mass is 79.9. The van der Waals surface area contributed by atoms with E-state index in [1.54, 1.807) is 6.20 Å². The second kappa shape index (κ2) is 4.26. The number of aliphatic hydroxyl groups is 1. The van der Waals surface area contributed by atoms with Gasteiger partial charge < -0.3 is 5.11 Å². The minimum atomic E-state index is -0.648. The molecule has 1 aliphatic rings. The molecule has 3 nitrogen and oxygen atoms in total. The molecule has 1 N–H and O–H groups in total. The molecule has 0 amide bonds. The van der Waals surface area contributed by atoms with Crippen LogP contribution in [0.2, 0.25) is 0 Å². The van der Waals surface area contributed by atoms with Crippen LogP contribution in [0, 0.1) is 0 Å². The van der Waals surface area contributed by atoms with E-state index in [1.807, 2.05) is 4.68 Å². The zero-order valence-corrected chi connectivity index (χ0v) is 10.6. The van der Waals surface area contributed by atoms with Crippen LogP contribution < -0.4 is 0 Å². The maximum atomic E-state index is 10.5. The molecule has 0 radical (unpaired) electrons. The molecule has 15 heavy (non-hydrogen) atoms. The molecule has 0 atom stereocenters. The average Bonchev–Trinajstić information content (AvgIpc) is 2.75. The fourth-order valence-corrected chi connectivity index (χ4v) is 3.07. The van der Waals surface area contributed by atoms with Crippen molar-refractivity contribution in [1.29, 1.82) is 0 Å². The van der Waals surface area contributed by atoms with Crippen LogP contribution in [0.15, 0.2) is 10.7 Å². The van der Waals surface area contributed by atoms with E-state index >= 15 is 0 Å². The zero-order chi connectivity index (χ0) is 10.9. The molecule has 1 heterocycles. The Balaban J connectivity index is 2.36. The minimum absolute atomic E-state index is 0.648. The first-order chi connectivity index (χ1) is 7.17. The topological polar surface area (TPSA) is 38.0 Å². The molecular formula is C11H17BrN2O. The average molecular weight is 273 g/mol. The van der Waals surface area contributed by atoms with Crippen molar-refractivity contribution in [3.05, 3.63) is 16.4 Å². The summed E-state index contributed by atoms with van der Waals surface area (Å²) in [6.07, 6.45) is 6.78. The van der Waals surface area contributed by atoms with Crippen LogP contribution in [0.5, 0.6) is 0 Å². The Morgan fingerprint density at radius 2 is 2.20 bits per heavy atom. The zero-order valence-electron chi connectivity index (χ0n) is 9.04. The molecule has 4 heteroatoms. The van der Waals surface area contributed by atoms with Crippen LogP contribution in [0.1, 0.15) is 44.7 Å². The maximum absolute atomic E-state index is 10.5. The van der Waals surface area contributed by atoms with Crippen molar-refractivity contribution in [2.45, 2.75) is 51.2 Å². The minimum Gasteiger partial charge on any atom is -0.384 e. The monoisotopic (exact) mass is 272 g/mol. The molecule has 0 spiro atoms. The van der Waals surface area contributed by atoms with Crippen molar-refractivity contribution in [3.63, 3.8) is 0 Å². The van der Waals surface area contributed by atoms with Crippen LogP contribution in [0.25, 0.3) is 0 Å². The molecule has 84 valence electrons. The van der Waals surface area contributed by atoms with Gasteiger partial charge in [0.1, 0.15) is 5.60 Å². The van der Waals surface area contributed by atoms with Crippen LogP contribution in [-0.2, 0) is 12.1 Å². The van der Waals surface area contributed by atoms with Crippen LogP contribution in [-0.4, -0.2) is 14.9 Å². The Morgan fingerprint density at radius 1 is 1.53 bits per heavy atom. The summed E-state index contributed by atoms with van der Waals surface area (Å²) in [5.74, 6) is 0. The van der Waals surface area contributed by atoms with Crippen LogP contribution in [0.3, 0.4) is 0 Å². The summed E-state index contributed by atoms with van der Waals surface area (Å²) in [5, 5.41) is 14.9. The van der Waals surface area contributed by atoms with Crippen LogP contribution in [0.4, 0.5) is 0 Å². The Kier molecular flexibility index (Phi) is 3.16. The molecule has 2 rings (SSSR count). The van der Waals surface area contributed by atoms with E-state index in [9.17, 15) is 5.11 Å². The van der Waals surface area contributed by atoms with Crippen LogP contribution >= 0.6 is 15.9 Å². The molecule has 0 saturated heterocycles. The predicted octanol–water partition coefficient (Wildman–Crippen LogP) is 2.82. The van der Waals surface area contributed by atoms with Crippen molar-refractivity contribution < 1.29 is 5.11 Å². The molecule has 1 fully saturated rings. The highest BCUT2D eigenvalue weighted by Gasteiger charge is 2.37. The molecule has 1 aromatic rings. The van der Waals surface area contributed by atoms with Crippen molar-refractivity contribution in [3.8, 4) is 0 Å². The Morgan fingerprint density at radius 3 is 2.80 bits per heavy atom. The van der Waals surface area contributed by atoms with Crippen molar-refractivity contribution in [2.24, 2.45) is 0 Å². The third-order valence-corrected chi connectivity index (χ3v) is 3.68. The fourth-order valence-electron chi connectivity index (χ4n) is 2.40. The molecule has 1 saturated carbocycles. The van der Waals surface area contributed by atoms with E-state index in [-0.39, 0.29) is 0 Å². The van der Waals surface area contributed by atoms with E-state index in [4.69, 9.17) is 0 Å². The number of nitrogens with zero attached hydrogens (tertiary/aromatic N) is 2. The third-order valence-electron chi connectivity index (χ3n) is 3.10. The van der Waals surface area contributed by atoms with E-state index in [1.165, 1.54) is 0 Å².